The van der Waals surface area contributed by atoms with E-state index in [1.165, 1.54) is 0 Å². The summed E-state index contributed by atoms with van der Waals surface area (Å²) < 4.78 is 0. The van der Waals surface area contributed by atoms with Crippen LogP contribution in [0.25, 0.3) is 0 Å². The van der Waals surface area contributed by atoms with Crippen LogP contribution in [0.3, 0.4) is 0 Å². The van der Waals surface area contributed by atoms with E-state index >= 15 is 0 Å². The fourth-order valence-electron chi connectivity index (χ4n) is 1.26. The highest BCUT2D eigenvalue weighted by Crippen LogP contribution is 2.17. The number of carbonyl (C=O) groups is 1. The molecule has 2 rings (SSSR count). The molecule has 0 saturated carbocycles. The lowest BCUT2D eigenvalue weighted by Crippen LogP contribution is -2.27. The van der Waals surface area contributed by atoms with Gasteiger partial charge in [0.2, 0.25) is 0 Å². The fourth-order valence-corrected chi connectivity index (χ4v) is 1.26. The number of hydrogen-bond acceptors (Lipinski definition) is 5. The molecule has 0 amide bonds. The Morgan fingerprint density at radius 1 is 1.56 bits per heavy atom. The summed E-state index contributed by atoms with van der Waals surface area (Å²) in [5, 5.41) is 10.1. The summed E-state index contributed by atoms with van der Waals surface area (Å²) in [4.78, 5) is 19.6. The molecule has 0 aliphatic carbocycles. The number of nitrogens with zero attached hydrogens (tertiary/aromatic N) is 2. The third-order valence-corrected chi connectivity index (χ3v) is 2.03. The smallest absolute Gasteiger partial charge is 0.303 e. The minimum absolute atomic E-state index is 0.0452. The highest BCUT2D eigenvalue weighted by atomic mass is 16.7. The summed E-state index contributed by atoms with van der Waals surface area (Å²) in [6.45, 7) is 0. The maximum atomic E-state index is 10.4. The van der Waals surface area contributed by atoms with Crippen LogP contribution in [-0.2, 0) is 9.63 Å². The number of aromatic nitrogens is 1. The summed E-state index contributed by atoms with van der Waals surface area (Å²) in [5.74, 6) is 0.418. The predicted molar refractivity (Wildman–Crippen MR) is 55.9 cm³/mol. The molecule has 1 aromatic heterocycles. The van der Waals surface area contributed by atoms with Crippen LogP contribution in [-0.4, -0.2) is 16.1 Å². The number of allylic oxidation sites excluding steroid dienone is 1. The number of nitrogens with one attached hydrogen (secondary N) is 1. The molecular weight excluding hydrogens is 210 g/mol. The molecular formula is C10H11N3O3. The topological polar surface area (TPSA) is 74.7 Å². The van der Waals surface area contributed by atoms with Crippen molar-refractivity contribution >= 4 is 11.8 Å². The summed E-state index contributed by atoms with van der Waals surface area (Å²) in [6, 6.07) is 5.48. The van der Waals surface area contributed by atoms with Crippen LogP contribution in [0.2, 0.25) is 0 Å². The number of pyridine rings is 1. The third-order valence-electron chi connectivity index (χ3n) is 2.03. The van der Waals surface area contributed by atoms with Crippen molar-refractivity contribution in [3.05, 3.63) is 36.4 Å². The molecule has 6 heteroatoms. The van der Waals surface area contributed by atoms with Gasteiger partial charge in [-0.15, -0.1) is 0 Å². The Balaban J connectivity index is 1.98. The van der Waals surface area contributed by atoms with Crippen molar-refractivity contribution in [3.63, 3.8) is 0 Å². The molecule has 1 aliphatic heterocycles. The Morgan fingerprint density at radius 2 is 2.44 bits per heavy atom. The second kappa shape index (κ2) is 4.63. The van der Waals surface area contributed by atoms with E-state index < -0.39 is 5.97 Å². The molecule has 84 valence electrons. The third kappa shape index (κ3) is 2.48. The summed E-state index contributed by atoms with van der Waals surface area (Å²) in [5.41, 5.74) is 2.63. The predicted octanol–water partition coefficient (Wildman–Crippen LogP) is 1.04. The van der Waals surface area contributed by atoms with Gasteiger partial charge in [0.1, 0.15) is 11.6 Å². The molecule has 2 heterocycles. The van der Waals surface area contributed by atoms with E-state index in [0.717, 1.165) is 0 Å². The van der Waals surface area contributed by atoms with Gasteiger partial charge in [-0.25, -0.2) is 9.99 Å². The maximum absolute atomic E-state index is 10.4. The van der Waals surface area contributed by atoms with Crippen LogP contribution in [0, 0.1) is 0 Å². The maximum Gasteiger partial charge on any atom is 0.303 e. The van der Waals surface area contributed by atoms with Gasteiger partial charge in [-0.3, -0.25) is 4.79 Å². The quantitative estimate of drug-likeness (QED) is 0.791. The van der Waals surface area contributed by atoms with E-state index in [1.54, 1.807) is 17.4 Å². The molecule has 1 aromatic rings. The van der Waals surface area contributed by atoms with Gasteiger partial charge in [0.05, 0.1) is 12.6 Å². The van der Waals surface area contributed by atoms with Crippen molar-refractivity contribution in [2.75, 3.05) is 5.01 Å². The Labute approximate surface area is 92.1 Å². The van der Waals surface area contributed by atoms with Crippen molar-refractivity contribution in [1.29, 1.82) is 0 Å². The first-order chi connectivity index (χ1) is 7.75. The number of carboxylic acid groups (broad SMARTS) is 1. The largest absolute Gasteiger partial charge is 0.481 e. The summed E-state index contributed by atoms with van der Waals surface area (Å²) >= 11 is 0. The van der Waals surface area contributed by atoms with E-state index in [2.05, 4.69) is 10.6 Å². The zero-order valence-corrected chi connectivity index (χ0v) is 8.46. The Hall–Kier alpha value is -2.08. The molecule has 6 nitrogen and oxygen atoms in total. The second-order valence-corrected chi connectivity index (χ2v) is 3.24. The first kappa shape index (κ1) is 10.4. The van der Waals surface area contributed by atoms with E-state index in [4.69, 9.17) is 9.94 Å². The highest BCUT2D eigenvalue weighted by molar-refractivity contribution is 5.67. The minimum atomic E-state index is -0.846. The van der Waals surface area contributed by atoms with E-state index in [0.29, 0.717) is 18.0 Å². The van der Waals surface area contributed by atoms with Crippen LogP contribution < -0.4 is 10.6 Å². The first-order valence-corrected chi connectivity index (χ1v) is 4.81. The standard InChI is InChI=1S/C10H11N3O3/c14-10(15)5-4-8-7-13(12-16-8)9-3-1-2-6-11-9/h1-3,6-7,12H,4-5H2,(H,14,15). The lowest BCUT2D eigenvalue weighted by molar-refractivity contribution is -0.137. The molecule has 1 aliphatic rings. The molecule has 16 heavy (non-hydrogen) atoms. The molecule has 0 radical (unpaired) electrons. The Kier molecular flexibility index (Phi) is 3.02. The molecule has 0 unspecified atom stereocenters. The average molecular weight is 221 g/mol. The summed E-state index contributed by atoms with van der Waals surface area (Å²) in [7, 11) is 0. The van der Waals surface area contributed by atoms with Crippen LogP contribution in [0.1, 0.15) is 12.8 Å². The molecule has 2 N–H and O–H groups in total. The Morgan fingerprint density at radius 3 is 3.12 bits per heavy atom. The number of carboxylic acids is 1. The van der Waals surface area contributed by atoms with Gasteiger partial charge in [-0.1, -0.05) is 11.7 Å². The number of anilines is 1. The number of hydrogen-bond donors (Lipinski definition) is 2. The molecule has 0 bridgehead atoms. The number of rotatable bonds is 4. The zero-order chi connectivity index (χ0) is 11.4. The Bertz CT molecular complexity index is 405. The van der Waals surface area contributed by atoms with Crippen LogP contribution in [0.15, 0.2) is 36.4 Å². The van der Waals surface area contributed by atoms with Crippen LogP contribution >= 0.6 is 0 Å². The number of aliphatic carboxylic acids is 1. The zero-order valence-electron chi connectivity index (χ0n) is 8.46. The molecule has 0 fully saturated rings. The van der Waals surface area contributed by atoms with Gasteiger partial charge in [0.15, 0.2) is 0 Å². The van der Waals surface area contributed by atoms with E-state index in [1.807, 2.05) is 18.2 Å². The summed E-state index contributed by atoms with van der Waals surface area (Å²) in [6.07, 6.45) is 3.75. The monoisotopic (exact) mass is 221 g/mol. The van der Waals surface area contributed by atoms with Gasteiger partial charge in [-0.2, -0.15) is 0 Å². The first-order valence-electron chi connectivity index (χ1n) is 4.81. The highest BCUT2D eigenvalue weighted by Gasteiger charge is 2.16. The lowest BCUT2D eigenvalue weighted by Gasteiger charge is -2.11. The van der Waals surface area contributed by atoms with Crippen molar-refractivity contribution in [3.8, 4) is 0 Å². The van der Waals surface area contributed by atoms with Gasteiger partial charge >= 0.3 is 5.97 Å². The van der Waals surface area contributed by atoms with E-state index in [-0.39, 0.29) is 6.42 Å². The SMILES string of the molecule is O=C(O)CCC1=CN(c2ccccn2)NO1. The van der Waals surface area contributed by atoms with Gasteiger partial charge in [0.25, 0.3) is 0 Å². The normalized spacial score (nSPS) is 14.5. The molecule has 0 saturated heterocycles. The van der Waals surface area contributed by atoms with Crippen LogP contribution in [0.4, 0.5) is 5.82 Å². The van der Waals surface area contributed by atoms with E-state index in [9.17, 15) is 4.79 Å². The van der Waals surface area contributed by atoms with Crippen molar-refractivity contribution < 1.29 is 14.7 Å². The average Bonchev–Trinajstić information content (AvgIpc) is 2.76. The fraction of sp³-hybridized carbons (Fsp3) is 0.200. The minimum Gasteiger partial charge on any atom is -0.481 e. The van der Waals surface area contributed by atoms with Crippen molar-refractivity contribution in [2.45, 2.75) is 12.8 Å². The molecule has 0 spiro atoms. The van der Waals surface area contributed by atoms with Gasteiger partial charge < -0.3 is 9.94 Å². The second-order valence-electron chi connectivity index (χ2n) is 3.24. The van der Waals surface area contributed by atoms with Crippen LogP contribution in [0.5, 0.6) is 0 Å². The van der Waals surface area contributed by atoms with Gasteiger partial charge in [-0.05, 0) is 12.1 Å². The number of hydrazine groups is 1. The van der Waals surface area contributed by atoms with Crippen molar-refractivity contribution in [2.24, 2.45) is 0 Å². The molecule has 0 aromatic carbocycles. The molecule has 0 atom stereocenters. The lowest BCUT2D eigenvalue weighted by atomic mass is 10.3. The van der Waals surface area contributed by atoms with Gasteiger partial charge in [0, 0.05) is 12.6 Å². The van der Waals surface area contributed by atoms with Crippen molar-refractivity contribution in [1.82, 2.24) is 10.6 Å².